The molecule has 0 aromatic heterocycles. The molecule has 8 nitrogen and oxygen atoms in total. The van der Waals surface area contributed by atoms with E-state index in [1.807, 2.05) is 19.1 Å². The van der Waals surface area contributed by atoms with E-state index in [9.17, 15) is 18.8 Å². The zero-order valence-corrected chi connectivity index (χ0v) is 15.9. The van der Waals surface area contributed by atoms with Crippen molar-refractivity contribution in [1.82, 2.24) is 5.01 Å². The average molecular weight is 416 g/mol. The molecule has 29 heavy (non-hydrogen) atoms. The normalized spacial score (nSPS) is 20.4. The van der Waals surface area contributed by atoms with Crippen molar-refractivity contribution in [2.75, 3.05) is 16.8 Å². The summed E-state index contributed by atoms with van der Waals surface area (Å²) in [4.78, 5) is 38.7. The van der Waals surface area contributed by atoms with E-state index >= 15 is 0 Å². The summed E-state index contributed by atoms with van der Waals surface area (Å²) < 4.78 is 13.4. The summed E-state index contributed by atoms with van der Waals surface area (Å²) in [6.45, 7) is 1.68. The van der Waals surface area contributed by atoms with Crippen molar-refractivity contribution in [1.29, 1.82) is 0 Å². The van der Waals surface area contributed by atoms with E-state index in [2.05, 4.69) is 15.7 Å². The van der Waals surface area contributed by atoms with E-state index in [-0.39, 0.29) is 17.3 Å². The molecule has 1 fully saturated rings. The number of halogens is 2. The standard InChI is InChI=1S/C19H15ClFN5O3/c1-10-2-4-11(5-3-10)22-15(27)9-25-17-16(23-24-25)18(28)26(19(17)29)12-6-7-14(21)13(20)8-12/h2-8,16-17H,9H2,1H3,(H,22,27)/t16-,17+/m1/s1. The number of anilines is 2. The fourth-order valence-electron chi connectivity index (χ4n) is 3.22. The number of benzene rings is 2. The number of amides is 3. The van der Waals surface area contributed by atoms with Gasteiger partial charge in [-0.3, -0.25) is 19.4 Å². The number of aryl methyl sites for hydroxylation is 1. The first-order valence-corrected chi connectivity index (χ1v) is 9.10. The quantitative estimate of drug-likeness (QED) is 0.777. The van der Waals surface area contributed by atoms with Gasteiger partial charge in [-0.25, -0.2) is 9.29 Å². The number of nitrogens with one attached hydrogen (secondary N) is 1. The van der Waals surface area contributed by atoms with Crippen LogP contribution in [0.1, 0.15) is 5.56 Å². The third-order valence-corrected chi connectivity index (χ3v) is 4.95. The molecule has 0 radical (unpaired) electrons. The van der Waals surface area contributed by atoms with Crippen molar-refractivity contribution in [3.63, 3.8) is 0 Å². The molecule has 2 aromatic carbocycles. The molecule has 0 bridgehead atoms. The number of carbonyl (C=O) groups is 3. The fourth-order valence-corrected chi connectivity index (χ4v) is 3.39. The summed E-state index contributed by atoms with van der Waals surface area (Å²) in [5.74, 6) is -2.27. The highest BCUT2D eigenvalue weighted by Gasteiger charge is 2.55. The zero-order valence-electron chi connectivity index (χ0n) is 15.2. The monoisotopic (exact) mass is 415 g/mol. The SMILES string of the molecule is Cc1ccc(NC(=O)CN2N=N[C@H]3C(=O)N(c4ccc(F)c(Cl)c4)C(=O)[C@H]32)cc1. The van der Waals surface area contributed by atoms with Crippen LogP contribution < -0.4 is 10.2 Å². The van der Waals surface area contributed by atoms with Crippen LogP contribution in [0.25, 0.3) is 0 Å². The van der Waals surface area contributed by atoms with Crippen molar-refractivity contribution >= 4 is 40.7 Å². The second-order valence-corrected chi connectivity index (χ2v) is 7.12. The van der Waals surface area contributed by atoms with Crippen molar-refractivity contribution < 1.29 is 18.8 Å². The summed E-state index contributed by atoms with van der Waals surface area (Å²) in [5.41, 5.74) is 1.79. The molecule has 10 heteroatoms. The predicted octanol–water partition coefficient (Wildman–Crippen LogP) is 2.72. The molecule has 0 aliphatic carbocycles. The molecule has 2 aliphatic rings. The van der Waals surface area contributed by atoms with E-state index < -0.39 is 35.6 Å². The number of imide groups is 1. The van der Waals surface area contributed by atoms with Gasteiger partial charge in [0, 0.05) is 5.69 Å². The topological polar surface area (TPSA) is 94.4 Å². The molecule has 0 saturated carbocycles. The minimum Gasteiger partial charge on any atom is -0.324 e. The average Bonchev–Trinajstić information content (AvgIpc) is 3.20. The Morgan fingerprint density at radius 1 is 1.17 bits per heavy atom. The molecule has 148 valence electrons. The number of hydrogen-bond acceptors (Lipinski definition) is 6. The van der Waals surface area contributed by atoms with E-state index in [1.54, 1.807) is 12.1 Å². The van der Waals surface area contributed by atoms with Gasteiger partial charge >= 0.3 is 0 Å². The Kier molecular flexibility index (Phi) is 4.75. The summed E-state index contributed by atoms with van der Waals surface area (Å²) in [6.07, 6.45) is 0. The minimum atomic E-state index is -1.06. The first-order valence-electron chi connectivity index (χ1n) is 8.72. The molecule has 1 N–H and O–H groups in total. The van der Waals surface area contributed by atoms with Gasteiger partial charge in [0.1, 0.15) is 12.4 Å². The smallest absolute Gasteiger partial charge is 0.263 e. The van der Waals surface area contributed by atoms with Gasteiger partial charge in [-0.15, -0.1) is 0 Å². The van der Waals surface area contributed by atoms with Crippen LogP contribution in [0.3, 0.4) is 0 Å². The lowest BCUT2D eigenvalue weighted by atomic mass is 10.1. The molecular formula is C19H15ClFN5O3. The van der Waals surface area contributed by atoms with Gasteiger partial charge in [0.2, 0.25) is 5.91 Å². The van der Waals surface area contributed by atoms with Crippen LogP contribution in [0.4, 0.5) is 15.8 Å². The largest absolute Gasteiger partial charge is 0.324 e. The van der Waals surface area contributed by atoms with Crippen LogP contribution in [0.2, 0.25) is 5.02 Å². The third kappa shape index (κ3) is 3.44. The van der Waals surface area contributed by atoms with E-state index in [0.717, 1.165) is 16.5 Å². The maximum absolute atomic E-state index is 13.4. The maximum atomic E-state index is 13.4. The third-order valence-electron chi connectivity index (χ3n) is 4.66. The number of fused-ring (bicyclic) bond motifs is 1. The summed E-state index contributed by atoms with van der Waals surface area (Å²) in [5, 5.41) is 11.3. The Balaban J connectivity index is 1.49. The highest BCUT2D eigenvalue weighted by atomic mass is 35.5. The van der Waals surface area contributed by atoms with Gasteiger partial charge < -0.3 is 5.32 Å². The van der Waals surface area contributed by atoms with Crippen LogP contribution in [0, 0.1) is 12.7 Å². The molecule has 2 aromatic rings. The van der Waals surface area contributed by atoms with Crippen LogP contribution in [-0.2, 0) is 14.4 Å². The molecule has 2 heterocycles. The van der Waals surface area contributed by atoms with E-state index in [1.165, 1.54) is 17.1 Å². The molecular weight excluding hydrogens is 401 g/mol. The van der Waals surface area contributed by atoms with E-state index in [0.29, 0.717) is 5.69 Å². The van der Waals surface area contributed by atoms with Gasteiger partial charge in [0.15, 0.2) is 12.1 Å². The second kappa shape index (κ2) is 7.25. The molecule has 3 amide bonds. The van der Waals surface area contributed by atoms with Crippen molar-refractivity contribution in [3.8, 4) is 0 Å². The fraction of sp³-hybridized carbons (Fsp3) is 0.211. The molecule has 0 unspecified atom stereocenters. The first kappa shape index (κ1) is 19.0. The predicted molar refractivity (Wildman–Crippen MR) is 103 cm³/mol. The Morgan fingerprint density at radius 3 is 2.59 bits per heavy atom. The minimum absolute atomic E-state index is 0.139. The summed E-state index contributed by atoms with van der Waals surface area (Å²) >= 11 is 5.76. The first-order chi connectivity index (χ1) is 13.8. The number of nitrogens with zero attached hydrogens (tertiary/aromatic N) is 4. The molecule has 0 spiro atoms. The number of rotatable bonds is 4. The zero-order chi connectivity index (χ0) is 20.7. The van der Waals surface area contributed by atoms with Gasteiger partial charge in [0.05, 0.1) is 10.7 Å². The molecule has 1 saturated heterocycles. The van der Waals surface area contributed by atoms with Crippen molar-refractivity contribution in [2.24, 2.45) is 10.3 Å². The van der Waals surface area contributed by atoms with Gasteiger partial charge in [-0.05, 0) is 37.3 Å². The van der Waals surface area contributed by atoms with Crippen molar-refractivity contribution in [2.45, 2.75) is 19.0 Å². The van der Waals surface area contributed by atoms with Crippen molar-refractivity contribution in [3.05, 3.63) is 58.9 Å². The Morgan fingerprint density at radius 2 is 1.90 bits per heavy atom. The Hall–Kier alpha value is -3.33. The number of carbonyl (C=O) groups excluding carboxylic acids is 3. The highest BCUT2D eigenvalue weighted by molar-refractivity contribution is 6.32. The van der Waals surface area contributed by atoms with Gasteiger partial charge in [-0.1, -0.05) is 34.5 Å². The number of hydrogen-bond donors (Lipinski definition) is 1. The van der Waals surface area contributed by atoms with Crippen LogP contribution in [-0.4, -0.2) is 41.4 Å². The molecule has 2 atom stereocenters. The lowest BCUT2D eigenvalue weighted by Gasteiger charge is -2.20. The van der Waals surface area contributed by atoms with Crippen LogP contribution in [0.5, 0.6) is 0 Å². The lowest BCUT2D eigenvalue weighted by Crippen LogP contribution is -2.43. The summed E-state index contributed by atoms with van der Waals surface area (Å²) in [6, 6.07) is 8.67. The van der Waals surface area contributed by atoms with Crippen LogP contribution >= 0.6 is 11.6 Å². The highest BCUT2D eigenvalue weighted by Crippen LogP contribution is 2.33. The Bertz CT molecular complexity index is 1040. The van der Waals surface area contributed by atoms with Crippen LogP contribution in [0.15, 0.2) is 52.8 Å². The van der Waals surface area contributed by atoms with Gasteiger partial charge in [-0.2, -0.15) is 5.11 Å². The maximum Gasteiger partial charge on any atom is 0.263 e. The Labute approximate surface area is 169 Å². The lowest BCUT2D eigenvalue weighted by molar-refractivity contribution is -0.123. The molecule has 2 aliphatic heterocycles. The second-order valence-electron chi connectivity index (χ2n) is 6.72. The molecule has 4 rings (SSSR count). The van der Waals surface area contributed by atoms with E-state index in [4.69, 9.17) is 11.6 Å². The summed E-state index contributed by atoms with van der Waals surface area (Å²) in [7, 11) is 0. The van der Waals surface area contributed by atoms with Gasteiger partial charge in [0.25, 0.3) is 11.8 Å².